The van der Waals surface area contributed by atoms with Gasteiger partial charge >= 0.3 is 5.97 Å². The molecule has 3 aromatic carbocycles. The molecule has 13 heteroatoms. The van der Waals surface area contributed by atoms with E-state index in [4.69, 9.17) is 4.74 Å². The van der Waals surface area contributed by atoms with Crippen LogP contribution in [0.4, 0.5) is 5.69 Å². The number of hydrogen-bond donors (Lipinski definition) is 1. The first-order chi connectivity index (χ1) is 25.4. The van der Waals surface area contributed by atoms with Gasteiger partial charge in [-0.2, -0.15) is 4.31 Å². The number of benzene rings is 3. The molecule has 0 saturated heterocycles. The van der Waals surface area contributed by atoms with Crippen molar-refractivity contribution in [3.8, 4) is 0 Å². The number of esters is 1. The number of nitrogens with one attached hydrogen (secondary N) is 1. The van der Waals surface area contributed by atoms with Crippen LogP contribution in [0.15, 0.2) is 58.3 Å². The second kappa shape index (κ2) is 20.2. The Hall–Kier alpha value is -3.78. The van der Waals surface area contributed by atoms with Crippen LogP contribution in [0, 0.1) is 41.5 Å². The van der Waals surface area contributed by atoms with Crippen LogP contribution < -0.4 is 9.62 Å². The van der Waals surface area contributed by atoms with Crippen molar-refractivity contribution in [2.75, 3.05) is 52.3 Å². The summed E-state index contributed by atoms with van der Waals surface area (Å²) >= 11 is 0. The maximum Gasteiger partial charge on any atom is 0.305 e. The molecule has 0 radical (unpaired) electrons. The molecule has 0 heterocycles. The van der Waals surface area contributed by atoms with E-state index in [-0.39, 0.29) is 54.1 Å². The third kappa shape index (κ3) is 12.6. The van der Waals surface area contributed by atoms with E-state index in [1.165, 1.54) is 11.4 Å². The van der Waals surface area contributed by atoms with Gasteiger partial charge in [0.2, 0.25) is 26.0 Å². The number of sulfonamides is 2. The van der Waals surface area contributed by atoms with Gasteiger partial charge in [-0.25, -0.2) is 21.6 Å². The number of hydrogen-bond acceptors (Lipinski definition) is 8. The minimum Gasteiger partial charge on any atom is -0.469 e. The fraction of sp³-hybridized carbons (Fsp3) is 0.512. The van der Waals surface area contributed by atoms with Crippen molar-refractivity contribution in [3.05, 3.63) is 87.5 Å². The number of methoxy groups -OCH3 is 1. The van der Waals surface area contributed by atoms with Crippen LogP contribution in [0.25, 0.3) is 0 Å². The molecule has 0 spiro atoms. The Balaban J connectivity index is 1.78. The molecule has 0 atom stereocenters. The van der Waals surface area contributed by atoms with Gasteiger partial charge in [-0.1, -0.05) is 47.5 Å². The fourth-order valence-corrected chi connectivity index (χ4v) is 10.4. The largest absolute Gasteiger partial charge is 0.469 e. The summed E-state index contributed by atoms with van der Waals surface area (Å²) in [5.41, 5.74) is 6.65. The number of amides is 1. The third-order valence-corrected chi connectivity index (χ3v) is 13.4. The third-order valence-electron chi connectivity index (χ3n) is 9.47. The molecule has 3 rings (SSSR count). The van der Waals surface area contributed by atoms with Crippen molar-refractivity contribution in [3.63, 3.8) is 0 Å². The Morgan fingerprint density at radius 3 is 1.72 bits per heavy atom. The lowest BCUT2D eigenvalue weighted by Gasteiger charge is -2.27. The van der Waals surface area contributed by atoms with Gasteiger partial charge in [-0.3, -0.25) is 9.59 Å². The minimum absolute atomic E-state index is 0.0671. The number of unbranched alkanes of at least 4 members (excludes halogenated alkanes) is 2. The van der Waals surface area contributed by atoms with E-state index in [2.05, 4.69) is 4.72 Å². The fourth-order valence-electron chi connectivity index (χ4n) is 6.99. The number of ether oxygens (including phenoxy) is 1. The van der Waals surface area contributed by atoms with Crippen molar-refractivity contribution < 1.29 is 31.2 Å². The summed E-state index contributed by atoms with van der Waals surface area (Å²) in [6.07, 6.45) is 2.82. The van der Waals surface area contributed by atoms with Gasteiger partial charge in [0.1, 0.15) is 0 Å². The van der Waals surface area contributed by atoms with Crippen molar-refractivity contribution in [1.82, 2.24) is 13.9 Å². The Kier molecular flexibility index (Phi) is 16.7. The van der Waals surface area contributed by atoms with E-state index >= 15 is 0 Å². The van der Waals surface area contributed by atoms with Crippen molar-refractivity contribution in [1.29, 1.82) is 0 Å². The first kappa shape index (κ1) is 44.6. The number of nitrogens with zero attached hydrogens (tertiary/aromatic N) is 3. The molecule has 0 aliphatic carbocycles. The lowest BCUT2D eigenvalue weighted by Crippen LogP contribution is -2.37. The molecular weight excluding hydrogens is 725 g/mol. The highest BCUT2D eigenvalue weighted by molar-refractivity contribution is 7.89. The lowest BCUT2D eigenvalue weighted by atomic mass is 10.1. The molecule has 3 aromatic rings. The maximum absolute atomic E-state index is 14.3. The maximum atomic E-state index is 14.3. The number of carbonyl (C=O) groups excluding carboxylic acids is 2. The molecule has 0 aliphatic heterocycles. The molecule has 0 saturated carbocycles. The van der Waals surface area contributed by atoms with Gasteiger partial charge in [-0.15, -0.1) is 0 Å². The second-order valence-electron chi connectivity index (χ2n) is 14.5. The zero-order valence-corrected chi connectivity index (χ0v) is 35.3. The SMILES string of the molecule is COC(=O)CCCCC(=O)N(CCCN(CCCCNS(=O)(=O)c1c(C)cc(C)cc1C)S(=O)(=O)c1c(C)cc(C)cc1C)Cc1ccc(N(C)C)cc1. The Morgan fingerprint density at radius 2 is 1.19 bits per heavy atom. The molecular formula is C41H60N4O7S2. The lowest BCUT2D eigenvalue weighted by molar-refractivity contribution is -0.141. The van der Waals surface area contributed by atoms with Crippen LogP contribution in [0.5, 0.6) is 0 Å². The van der Waals surface area contributed by atoms with Crippen molar-refractivity contribution >= 4 is 37.6 Å². The first-order valence-corrected chi connectivity index (χ1v) is 21.6. The molecule has 0 unspecified atom stereocenters. The highest BCUT2D eigenvalue weighted by Crippen LogP contribution is 2.27. The summed E-state index contributed by atoms with van der Waals surface area (Å²) in [6, 6.07) is 15.4. The summed E-state index contributed by atoms with van der Waals surface area (Å²) in [5.74, 6) is -0.378. The highest BCUT2D eigenvalue weighted by atomic mass is 32.2. The number of aryl methyl sites for hydroxylation is 6. The molecule has 0 fully saturated rings. The summed E-state index contributed by atoms with van der Waals surface area (Å²) in [6.45, 7) is 12.3. The molecule has 1 amide bonds. The quantitative estimate of drug-likeness (QED) is 0.0956. The van der Waals surface area contributed by atoms with Gasteiger partial charge in [0.05, 0.1) is 16.9 Å². The topological polar surface area (TPSA) is 133 Å². The van der Waals surface area contributed by atoms with Gasteiger partial charge < -0.3 is 14.5 Å². The van der Waals surface area contributed by atoms with E-state index in [1.807, 2.05) is 81.4 Å². The minimum atomic E-state index is -3.93. The van der Waals surface area contributed by atoms with Crippen LogP contribution in [0.3, 0.4) is 0 Å². The van der Waals surface area contributed by atoms with Crippen LogP contribution in [0.1, 0.15) is 83.9 Å². The molecule has 0 aliphatic rings. The average molecular weight is 785 g/mol. The van der Waals surface area contributed by atoms with Crippen molar-refractivity contribution in [2.45, 2.75) is 103 Å². The zero-order chi connectivity index (χ0) is 40.2. The van der Waals surface area contributed by atoms with E-state index < -0.39 is 20.0 Å². The first-order valence-electron chi connectivity index (χ1n) is 18.6. The van der Waals surface area contributed by atoms with Crippen molar-refractivity contribution in [2.24, 2.45) is 0 Å². The number of rotatable bonds is 21. The van der Waals surface area contributed by atoms with Gasteiger partial charge in [0.15, 0.2) is 0 Å². The Bertz CT molecular complexity index is 1920. The van der Waals surface area contributed by atoms with Gasteiger partial charge in [0.25, 0.3) is 0 Å². The van der Waals surface area contributed by atoms with E-state index in [0.29, 0.717) is 67.4 Å². The Labute approximate surface area is 324 Å². The van der Waals surface area contributed by atoms with Gasteiger partial charge in [0, 0.05) is 65.3 Å². The second-order valence-corrected chi connectivity index (χ2v) is 18.1. The van der Waals surface area contributed by atoms with Gasteiger partial charge in [-0.05, 0) is 114 Å². The van der Waals surface area contributed by atoms with Crippen LogP contribution in [0.2, 0.25) is 0 Å². The monoisotopic (exact) mass is 784 g/mol. The van der Waals surface area contributed by atoms with Crippen LogP contribution in [-0.2, 0) is 40.9 Å². The summed E-state index contributed by atoms with van der Waals surface area (Å²) in [5, 5.41) is 0. The summed E-state index contributed by atoms with van der Waals surface area (Å²) in [4.78, 5) is 29.5. The summed E-state index contributed by atoms with van der Waals surface area (Å²) in [7, 11) is -2.41. The molecule has 54 heavy (non-hydrogen) atoms. The number of carbonyl (C=O) groups is 2. The predicted molar refractivity (Wildman–Crippen MR) is 216 cm³/mol. The highest BCUT2D eigenvalue weighted by Gasteiger charge is 2.28. The summed E-state index contributed by atoms with van der Waals surface area (Å²) < 4.78 is 64.0. The molecule has 1 N–H and O–H groups in total. The molecule has 0 aromatic heterocycles. The van der Waals surface area contributed by atoms with E-state index in [0.717, 1.165) is 22.4 Å². The van der Waals surface area contributed by atoms with Crippen LogP contribution >= 0.6 is 0 Å². The zero-order valence-electron chi connectivity index (χ0n) is 33.6. The standard InChI is InChI=1S/C41H60N4O7S2/c1-30-25-32(3)40(33(4)26-30)53(48,49)42-21-12-13-23-45(54(50,51)41-34(5)27-31(2)28-35(41)6)24-14-22-44(38(46)15-10-11-16-39(47)52-9)29-36-17-19-37(20-18-36)43(7)8/h17-20,25-28,42H,10-16,21-24,29H2,1-9H3. The van der Waals surface area contributed by atoms with E-state index in [9.17, 15) is 26.4 Å². The Morgan fingerprint density at radius 1 is 0.667 bits per heavy atom. The smallest absolute Gasteiger partial charge is 0.305 e. The van der Waals surface area contributed by atoms with E-state index in [1.54, 1.807) is 32.6 Å². The number of anilines is 1. The molecule has 11 nitrogen and oxygen atoms in total. The predicted octanol–water partition coefficient (Wildman–Crippen LogP) is 6.50. The normalized spacial score (nSPS) is 11.9. The molecule has 0 bridgehead atoms. The molecule has 298 valence electrons. The van der Waals surface area contributed by atoms with Crippen LogP contribution in [-0.4, -0.2) is 85.3 Å². The average Bonchev–Trinajstić information content (AvgIpc) is 3.07.